The van der Waals surface area contributed by atoms with E-state index in [1.54, 1.807) is 7.11 Å². The summed E-state index contributed by atoms with van der Waals surface area (Å²) in [6.45, 7) is 8.53. The van der Waals surface area contributed by atoms with E-state index >= 15 is 0 Å². The Morgan fingerprint density at radius 2 is 1.84 bits per heavy atom. The Kier molecular flexibility index (Phi) is 4.66. The van der Waals surface area contributed by atoms with Crippen LogP contribution in [0.3, 0.4) is 0 Å². The monoisotopic (exact) mass is 263 g/mol. The summed E-state index contributed by atoms with van der Waals surface area (Å²) in [5.74, 6) is 0.920. The zero-order chi connectivity index (χ0) is 13.8. The minimum Gasteiger partial charge on any atom is -0.497 e. The molecule has 2 N–H and O–H groups in total. The second-order valence-corrected chi connectivity index (χ2v) is 5.32. The van der Waals surface area contributed by atoms with Crippen LogP contribution in [0.2, 0.25) is 0 Å². The van der Waals surface area contributed by atoms with Gasteiger partial charge in [-0.2, -0.15) is 0 Å². The molecule has 4 heteroatoms. The van der Waals surface area contributed by atoms with E-state index in [-0.39, 0.29) is 6.04 Å². The molecule has 2 unspecified atom stereocenters. The van der Waals surface area contributed by atoms with E-state index in [1.165, 1.54) is 5.69 Å². The second kappa shape index (κ2) is 6.26. The molecular formula is C15H25N3O. The third kappa shape index (κ3) is 3.39. The van der Waals surface area contributed by atoms with Gasteiger partial charge in [0, 0.05) is 50.0 Å². The van der Waals surface area contributed by atoms with Gasteiger partial charge >= 0.3 is 0 Å². The van der Waals surface area contributed by atoms with Crippen molar-refractivity contribution in [1.82, 2.24) is 4.90 Å². The summed E-state index contributed by atoms with van der Waals surface area (Å²) < 4.78 is 5.28. The first kappa shape index (κ1) is 14.2. The van der Waals surface area contributed by atoms with Crippen LogP contribution in [0.4, 0.5) is 5.69 Å². The molecule has 2 rings (SSSR count). The van der Waals surface area contributed by atoms with Gasteiger partial charge in [-0.05, 0) is 26.0 Å². The molecule has 1 fully saturated rings. The number of rotatable bonds is 4. The lowest BCUT2D eigenvalue weighted by atomic mass is 10.1. The highest BCUT2D eigenvalue weighted by molar-refractivity contribution is 5.51. The Bertz CT molecular complexity index is 400. The SMILES string of the molecule is COc1cccc(N2CCN(C(C)C(C)N)CC2)c1. The largest absolute Gasteiger partial charge is 0.497 e. The molecule has 1 aromatic rings. The quantitative estimate of drug-likeness (QED) is 0.895. The minimum absolute atomic E-state index is 0.225. The Labute approximate surface area is 116 Å². The third-order valence-electron chi connectivity index (χ3n) is 4.07. The molecular weight excluding hydrogens is 238 g/mol. The van der Waals surface area contributed by atoms with E-state index in [2.05, 4.69) is 35.8 Å². The molecule has 106 valence electrons. The molecule has 0 bridgehead atoms. The summed E-state index contributed by atoms with van der Waals surface area (Å²) in [6, 6.07) is 8.96. The lowest BCUT2D eigenvalue weighted by molar-refractivity contribution is 0.178. The summed E-state index contributed by atoms with van der Waals surface area (Å²) in [5, 5.41) is 0. The first-order valence-electron chi connectivity index (χ1n) is 7.00. The van der Waals surface area contributed by atoms with Crippen LogP contribution in [0.5, 0.6) is 5.75 Å². The molecule has 1 aliphatic rings. The zero-order valence-electron chi connectivity index (χ0n) is 12.2. The predicted octanol–water partition coefficient (Wildman–Crippen LogP) is 1.55. The van der Waals surface area contributed by atoms with Gasteiger partial charge in [0.15, 0.2) is 0 Å². The molecule has 2 atom stereocenters. The number of nitrogens with zero attached hydrogens (tertiary/aromatic N) is 2. The van der Waals surface area contributed by atoms with Crippen LogP contribution in [0.15, 0.2) is 24.3 Å². The summed E-state index contributed by atoms with van der Waals surface area (Å²) in [7, 11) is 1.71. The molecule has 0 spiro atoms. The molecule has 1 heterocycles. The van der Waals surface area contributed by atoms with Crippen LogP contribution in [-0.2, 0) is 0 Å². The van der Waals surface area contributed by atoms with E-state index in [0.717, 1.165) is 31.9 Å². The molecule has 19 heavy (non-hydrogen) atoms. The van der Waals surface area contributed by atoms with Gasteiger partial charge in [-0.1, -0.05) is 6.07 Å². The van der Waals surface area contributed by atoms with Gasteiger partial charge in [0.1, 0.15) is 5.75 Å². The van der Waals surface area contributed by atoms with Gasteiger partial charge in [-0.25, -0.2) is 0 Å². The fourth-order valence-corrected chi connectivity index (χ4v) is 2.53. The van der Waals surface area contributed by atoms with E-state index in [4.69, 9.17) is 10.5 Å². The van der Waals surface area contributed by atoms with E-state index < -0.39 is 0 Å². The maximum absolute atomic E-state index is 5.98. The Hall–Kier alpha value is -1.26. The number of hydrogen-bond donors (Lipinski definition) is 1. The topological polar surface area (TPSA) is 41.7 Å². The molecule has 4 nitrogen and oxygen atoms in total. The normalized spacial score (nSPS) is 20.1. The highest BCUT2D eigenvalue weighted by Crippen LogP contribution is 2.22. The van der Waals surface area contributed by atoms with Gasteiger partial charge in [0.05, 0.1) is 7.11 Å². The molecule has 0 aromatic heterocycles. The summed E-state index contributed by atoms with van der Waals surface area (Å²) in [4.78, 5) is 4.88. The van der Waals surface area contributed by atoms with Crippen LogP contribution in [0.1, 0.15) is 13.8 Å². The molecule has 0 radical (unpaired) electrons. The van der Waals surface area contributed by atoms with Crippen molar-refractivity contribution >= 4 is 5.69 Å². The molecule has 0 amide bonds. The number of hydrogen-bond acceptors (Lipinski definition) is 4. The van der Waals surface area contributed by atoms with Crippen molar-refractivity contribution in [2.75, 3.05) is 38.2 Å². The van der Waals surface area contributed by atoms with Gasteiger partial charge < -0.3 is 15.4 Å². The first-order chi connectivity index (χ1) is 9.11. The highest BCUT2D eigenvalue weighted by Gasteiger charge is 2.23. The average molecular weight is 263 g/mol. The van der Waals surface area contributed by atoms with Gasteiger partial charge in [0.25, 0.3) is 0 Å². The lowest BCUT2D eigenvalue weighted by Gasteiger charge is -2.40. The van der Waals surface area contributed by atoms with Crippen molar-refractivity contribution in [3.63, 3.8) is 0 Å². The number of methoxy groups -OCH3 is 1. The fourth-order valence-electron chi connectivity index (χ4n) is 2.53. The molecule has 1 saturated heterocycles. The molecule has 1 aliphatic heterocycles. The van der Waals surface area contributed by atoms with Crippen LogP contribution < -0.4 is 15.4 Å². The number of nitrogens with two attached hydrogens (primary N) is 1. The van der Waals surface area contributed by atoms with Gasteiger partial charge in [-0.15, -0.1) is 0 Å². The van der Waals surface area contributed by atoms with Crippen LogP contribution in [0.25, 0.3) is 0 Å². The fraction of sp³-hybridized carbons (Fsp3) is 0.600. The average Bonchev–Trinajstić information content (AvgIpc) is 2.46. The van der Waals surface area contributed by atoms with E-state index in [0.29, 0.717) is 6.04 Å². The van der Waals surface area contributed by atoms with Crippen molar-refractivity contribution in [1.29, 1.82) is 0 Å². The van der Waals surface area contributed by atoms with Crippen molar-refractivity contribution in [2.24, 2.45) is 5.73 Å². The second-order valence-electron chi connectivity index (χ2n) is 5.32. The minimum atomic E-state index is 0.225. The van der Waals surface area contributed by atoms with Crippen LogP contribution in [-0.4, -0.2) is 50.3 Å². The maximum atomic E-state index is 5.98. The predicted molar refractivity (Wildman–Crippen MR) is 79.9 cm³/mol. The van der Waals surface area contributed by atoms with E-state index in [1.807, 2.05) is 12.1 Å². The number of benzene rings is 1. The standard InChI is InChI=1S/C15H25N3O/c1-12(16)13(2)17-7-9-18(10-8-17)14-5-4-6-15(11-14)19-3/h4-6,11-13H,7-10,16H2,1-3H3. The van der Waals surface area contributed by atoms with E-state index in [9.17, 15) is 0 Å². The van der Waals surface area contributed by atoms with Crippen molar-refractivity contribution in [2.45, 2.75) is 25.9 Å². The summed E-state index contributed by atoms with van der Waals surface area (Å²) in [5.41, 5.74) is 7.22. The van der Waals surface area contributed by atoms with Crippen molar-refractivity contribution < 1.29 is 4.74 Å². The smallest absolute Gasteiger partial charge is 0.120 e. The van der Waals surface area contributed by atoms with Crippen LogP contribution in [0, 0.1) is 0 Å². The van der Waals surface area contributed by atoms with Crippen LogP contribution >= 0.6 is 0 Å². The number of anilines is 1. The van der Waals surface area contributed by atoms with Gasteiger partial charge in [0.2, 0.25) is 0 Å². The Balaban J connectivity index is 1.96. The Morgan fingerprint density at radius 3 is 2.42 bits per heavy atom. The number of ether oxygens (including phenoxy) is 1. The van der Waals surface area contributed by atoms with Gasteiger partial charge in [-0.3, -0.25) is 4.90 Å². The molecule has 0 saturated carbocycles. The van der Waals surface area contributed by atoms with Crippen molar-refractivity contribution in [3.05, 3.63) is 24.3 Å². The lowest BCUT2D eigenvalue weighted by Crippen LogP contribution is -2.53. The Morgan fingerprint density at radius 1 is 1.16 bits per heavy atom. The number of piperazine rings is 1. The molecule has 1 aromatic carbocycles. The van der Waals surface area contributed by atoms with Crippen molar-refractivity contribution in [3.8, 4) is 5.75 Å². The summed E-state index contributed by atoms with van der Waals surface area (Å²) in [6.07, 6.45) is 0. The first-order valence-corrected chi connectivity index (χ1v) is 7.00. The maximum Gasteiger partial charge on any atom is 0.120 e. The highest BCUT2D eigenvalue weighted by atomic mass is 16.5. The third-order valence-corrected chi connectivity index (χ3v) is 4.07. The summed E-state index contributed by atoms with van der Waals surface area (Å²) >= 11 is 0. The zero-order valence-corrected chi connectivity index (χ0v) is 12.2. The molecule has 0 aliphatic carbocycles.